The molecule has 2 atom stereocenters. The highest BCUT2D eigenvalue weighted by Crippen LogP contribution is 2.43. The second-order valence-electron chi connectivity index (χ2n) is 6.90. The number of nitrogens with two attached hydrogens (primary N) is 1. The van der Waals surface area contributed by atoms with Crippen LogP contribution in [0.4, 0.5) is 0 Å². The molecule has 0 amide bonds. The normalized spacial score (nSPS) is 41.1. The fourth-order valence-corrected chi connectivity index (χ4v) is 5.26. The van der Waals surface area contributed by atoms with Gasteiger partial charge in [0.05, 0.1) is 5.25 Å². The van der Waals surface area contributed by atoms with Crippen molar-refractivity contribution in [2.24, 2.45) is 17.6 Å². The van der Waals surface area contributed by atoms with E-state index in [0.29, 0.717) is 5.92 Å². The van der Waals surface area contributed by atoms with Gasteiger partial charge in [0.1, 0.15) is 9.84 Å². The number of hydrogen-bond acceptors (Lipinski definition) is 3. The molecule has 2 saturated carbocycles. The van der Waals surface area contributed by atoms with E-state index in [1.165, 1.54) is 25.5 Å². The van der Waals surface area contributed by atoms with Gasteiger partial charge in [-0.1, -0.05) is 19.8 Å². The molecule has 0 radical (unpaired) electrons. The minimum Gasteiger partial charge on any atom is -0.325 e. The van der Waals surface area contributed by atoms with Crippen LogP contribution in [-0.4, -0.2) is 25.5 Å². The van der Waals surface area contributed by atoms with Crippen molar-refractivity contribution in [2.45, 2.75) is 75.5 Å². The fourth-order valence-electron chi connectivity index (χ4n) is 4.09. The lowest BCUT2D eigenvalue weighted by Gasteiger charge is -2.45. The van der Waals surface area contributed by atoms with Crippen molar-refractivity contribution in [3.63, 3.8) is 0 Å². The van der Waals surface area contributed by atoms with Crippen LogP contribution in [-0.2, 0) is 9.84 Å². The highest BCUT2D eigenvalue weighted by Gasteiger charge is 2.42. The first-order chi connectivity index (χ1) is 8.85. The van der Waals surface area contributed by atoms with Crippen molar-refractivity contribution in [3.8, 4) is 0 Å². The molecule has 3 nitrogen and oxygen atoms in total. The third kappa shape index (κ3) is 3.52. The molecule has 0 bridgehead atoms. The SMILES string of the molecule is CCC1CCC(N)(C2CCCC(S(C)(=O)=O)C2)CC1. The Bertz CT molecular complexity index is 396. The van der Waals surface area contributed by atoms with Gasteiger partial charge >= 0.3 is 0 Å². The van der Waals surface area contributed by atoms with Crippen LogP contribution in [0.2, 0.25) is 0 Å². The van der Waals surface area contributed by atoms with E-state index in [1.54, 1.807) is 0 Å². The average molecular weight is 287 g/mol. The van der Waals surface area contributed by atoms with Gasteiger partial charge < -0.3 is 5.73 Å². The Morgan fingerprint density at radius 1 is 1.16 bits per heavy atom. The summed E-state index contributed by atoms with van der Waals surface area (Å²) in [6.45, 7) is 2.26. The maximum atomic E-state index is 11.8. The molecule has 2 aliphatic carbocycles. The molecule has 2 aliphatic rings. The van der Waals surface area contributed by atoms with Gasteiger partial charge in [0.15, 0.2) is 0 Å². The number of hydrogen-bond donors (Lipinski definition) is 1. The molecule has 2 rings (SSSR count). The Balaban J connectivity index is 2.01. The summed E-state index contributed by atoms with van der Waals surface area (Å²) in [4.78, 5) is 0. The largest absolute Gasteiger partial charge is 0.325 e. The first-order valence-corrected chi connectivity index (χ1v) is 9.78. The Hall–Kier alpha value is -0.0900. The predicted molar refractivity (Wildman–Crippen MR) is 79.8 cm³/mol. The van der Waals surface area contributed by atoms with Crippen LogP contribution < -0.4 is 5.73 Å². The molecule has 0 aliphatic heterocycles. The Morgan fingerprint density at radius 3 is 2.32 bits per heavy atom. The maximum absolute atomic E-state index is 11.8. The first-order valence-electron chi connectivity index (χ1n) is 7.83. The molecule has 0 aromatic carbocycles. The lowest BCUT2D eigenvalue weighted by molar-refractivity contribution is 0.129. The van der Waals surface area contributed by atoms with E-state index in [9.17, 15) is 8.42 Å². The van der Waals surface area contributed by atoms with Gasteiger partial charge in [-0.15, -0.1) is 0 Å². The molecule has 112 valence electrons. The van der Waals surface area contributed by atoms with Crippen molar-refractivity contribution in [3.05, 3.63) is 0 Å². The van der Waals surface area contributed by atoms with Crippen LogP contribution in [0.3, 0.4) is 0 Å². The van der Waals surface area contributed by atoms with Crippen molar-refractivity contribution < 1.29 is 8.42 Å². The van der Waals surface area contributed by atoms with Gasteiger partial charge in [-0.2, -0.15) is 0 Å². The molecule has 2 N–H and O–H groups in total. The van der Waals surface area contributed by atoms with Gasteiger partial charge in [-0.25, -0.2) is 8.42 Å². The van der Waals surface area contributed by atoms with Crippen LogP contribution in [0.25, 0.3) is 0 Å². The Labute approximate surface area is 118 Å². The highest BCUT2D eigenvalue weighted by atomic mass is 32.2. The van der Waals surface area contributed by atoms with E-state index >= 15 is 0 Å². The van der Waals surface area contributed by atoms with Crippen molar-refractivity contribution in [1.29, 1.82) is 0 Å². The molecular weight excluding hydrogens is 258 g/mol. The lowest BCUT2D eigenvalue weighted by Crippen LogP contribution is -2.52. The minimum atomic E-state index is -2.90. The second kappa shape index (κ2) is 5.72. The molecule has 19 heavy (non-hydrogen) atoms. The van der Waals surface area contributed by atoms with E-state index in [2.05, 4.69) is 6.92 Å². The number of sulfone groups is 1. The molecule has 0 saturated heterocycles. The maximum Gasteiger partial charge on any atom is 0.150 e. The standard InChI is InChI=1S/C15H29NO2S/c1-3-12-7-9-15(16,10-8-12)13-5-4-6-14(11-13)19(2,17)18/h12-14H,3-11,16H2,1-2H3. The second-order valence-corrected chi connectivity index (χ2v) is 9.23. The molecule has 0 aromatic rings. The minimum absolute atomic E-state index is 0.0883. The lowest BCUT2D eigenvalue weighted by atomic mass is 9.65. The molecule has 2 fully saturated rings. The van der Waals surface area contributed by atoms with E-state index in [0.717, 1.165) is 44.4 Å². The summed E-state index contributed by atoms with van der Waals surface area (Å²) in [6, 6.07) is 0. The zero-order valence-corrected chi connectivity index (χ0v) is 13.2. The monoisotopic (exact) mass is 287 g/mol. The van der Waals surface area contributed by atoms with Crippen LogP contribution in [0.1, 0.15) is 64.7 Å². The summed E-state index contributed by atoms with van der Waals surface area (Å²) in [6.07, 6.45) is 11.1. The summed E-state index contributed by atoms with van der Waals surface area (Å²) in [5, 5.41) is -0.143. The number of rotatable bonds is 3. The van der Waals surface area contributed by atoms with Gasteiger partial charge in [0.25, 0.3) is 0 Å². The molecule has 0 aromatic heterocycles. The van der Waals surface area contributed by atoms with Crippen LogP contribution in [0.15, 0.2) is 0 Å². The molecular formula is C15H29NO2S. The Morgan fingerprint density at radius 2 is 1.79 bits per heavy atom. The quantitative estimate of drug-likeness (QED) is 0.868. The van der Waals surface area contributed by atoms with Crippen LogP contribution >= 0.6 is 0 Å². The smallest absolute Gasteiger partial charge is 0.150 e. The summed E-state index contributed by atoms with van der Waals surface area (Å²) in [5.74, 6) is 1.25. The Kier molecular flexibility index (Phi) is 4.61. The van der Waals surface area contributed by atoms with E-state index in [4.69, 9.17) is 5.73 Å². The molecule has 0 heterocycles. The van der Waals surface area contributed by atoms with Crippen LogP contribution in [0, 0.1) is 11.8 Å². The van der Waals surface area contributed by atoms with Crippen molar-refractivity contribution in [2.75, 3.05) is 6.26 Å². The zero-order chi connectivity index (χ0) is 14.1. The van der Waals surface area contributed by atoms with Gasteiger partial charge in [0, 0.05) is 11.8 Å². The van der Waals surface area contributed by atoms with Crippen molar-refractivity contribution >= 4 is 9.84 Å². The van der Waals surface area contributed by atoms with Crippen molar-refractivity contribution in [1.82, 2.24) is 0 Å². The highest BCUT2D eigenvalue weighted by molar-refractivity contribution is 7.91. The predicted octanol–water partition coefficient (Wildman–Crippen LogP) is 2.89. The van der Waals surface area contributed by atoms with Gasteiger partial charge in [-0.3, -0.25) is 0 Å². The van der Waals surface area contributed by atoms with E-state index in [-0.39, 0.29) is 10.8 Å². The zero-order valence-electron chi connectivity index (χ0n) is 12.4. The summed E-state index contributed by atoms with van der Waals surface area (Å²) < 4.78 is 23.6. The molecule has 0 spiro atoms. The third-order valence-electron chi connectivity index (χ3n) is 5.66. The molecule has 2 unspecified atom stereocenters. The first kappa shape index (κ1) is 15.3. The topological polar surface area (TPSA) is 60.2 Å². The fraction of sp³-hybridized carbons (Fsp3) is 1.00. The average Bonchev–Trinajstić information content (AvgIpc) is 2.39. The third-order valence-corrected chi connectivity index (χ3v) is 7.30. The van der Waals surface area contributed by atoms with E-state index in [1.807, 2.05) is 0 Å². The summed E-state index contributed by atoms with van der Waals surface area (Å²) >= 11 is 0. The van der Waals surface area contributed by atoms with E-state index < -0.39 is 9.84 Å². The summed E-state index contributed by atoms with van der Waals surface area (Å²) in [7, 11) is -2.90. The van der Waals surface area contributed by atoms with Gasteiger partial charge in [0.2, 0.25) is 0 Å². The van der Waals surface area contributed by atoms with Gasteiger partial charge in [-0.05, 0) is 56.8 Å². The van der Waals surface area contributed by atoms with Crippen LogP contribution in [0.5, 0.6) is 0 Å². The molecule has 4 heteroatoms. The summed E-state index contributed by atoms with van der Waals surface area (Å²) in [5.41, 5.74) is 6.57.